The molecule has 2 N–H and O–H groups in total. The number of anilines is 1. The number of hydrogen-bond acceptors (Lipinski definition) is 3. The Labute approximate surface area is 138 Å². The molecule has 2 rings (SSSR count). The van der Waals surface area contributed by atoms with Crippen LogP contribution in [0.5, 0.6) is 0 Å². The van der Waals surface area contributed by atoms with E-state index in [9.17, 15) is 17.6 Å². The Kier molecular flexibility index (Phi) is 5.03. The van der Waals surface area contributed by atoms with E-state index < -0.39 is 21.7 Å². The standard InChI is InChI=1S/C15H14ClFN2O3S/c1-9-3-4-10(16)7-14(9)19-15(20)12-8-11(5-6-13(12)17)23(21,22)18-2/h3-8,18H,1-2H3,(H,19,20). The van der Waals surface area contributed by atoms with Gasteiger partial charge in [0, 0.05) is 10.7 Å². The van der Waals surface area contributed by atoms with Crippen molar-refractivity contribution >= 4 is 33.2 Å². The van der Waals surface area contributed by atoms with Crippen LogP contribution in [0.1, 0.15) is 15.9 Å². The molecule has 2 aromatic rings. The van der Waals surface area contributed by atoms with Crippen molar-refractivity contribution in [3.63, 3.8) is 0 Å². The summed E-state index contributed by atoms with van der Waals surface area (Å²) in [5.41, 5.74) is 0.784. The zero-order valence-electron chi connectivity index (χ0n) is 12.4. The molecule has 0 radical (unpaired) electrons. The van der Waals surface area contributed by atoms with Gasteiger partial charge in [-0.1, -0.05) is 17.7 Å². The van der Waals surface area contributed by atoms with Crippen LogP contribution in [0.4, 0.5) is 10.1 Å². The van der Waals surface area contributed by atoms with E-state index >= 15 is 0 Å². The molecular formula is C15H14ClFN2O3S. The fourth-order valence-corrected chi connectivity index (χ4v) is 2.81. The van der Waals surface area contributed by atoms with Gasteiger partial charge in [0.25, 0.3) is 5.91 Å². The van der Waals surface area contributed by atoms with Gasteiger partial charge in [-0.15, -0.1) is 0 Å². The molecule has 0 saturated heterocycles. The highest BCUT2D eigenvalue weighted by Crippen LogP contribution is 2.22. The van der Waals surface area contributed by atoms with Crippen molar-refractivity contribution in [2.45, 2.75) is 11.8 Å². The van der Waals surface area contributed by atoms with Gasteiger partial charge in [0.15, 0.2) is 0 Å². The van der Waals surface area contributed by atoms with Gasteiger partial charge in [-0.25, -0.2) is 17.5 Å². The molecule has 122 valence electrons. The van der Waals surface area contributed by atoms with E-state index in [4.69, 9.17) is 11.6 Å². The molecule has 0 spiro atoms. The maximum atomic E-state index is 13.9. The first kappa shape index (κ1) is 17.4. The monoisotopic (exact) mass is 356 g/mol. The summed E-state index contributed by atoms with van der Waals surface area (Å²) in [5.74, 6) is -1.58. The molecule has 2 aromatic carbocycles. The van der Waals surface area contributed by atoms with Crippen LogP contribution in [0.3, 0.4) is 0 Å². The molecule has 8 heteroatoms. The van der Waals surface area contributed by atoms with Crippen molar-refractivity contribution in [2.24, 2.45) is 0 Å². The van der Waals surface area contributed by atoms with Gasteiger partial charge in [-0.2, -0.15) is 0 Å². The summed E-state index contributed by atoms with van der Waals surface area (Å²) in [7, 11) is -2.55. The van der Waals surface area contributed by atoms with Gasteiger partial charge in [0.05, 0.1) is 10.5 Å². The number of nitrogens with one attached hydrogen (secondary N) is 2. The Morgan fingerprint density at radius 3 is 2.52 bits per heavy atom. The van der Waals surface area contributed by atoms with Gasteiger partial charge >= 0.3 is 0 Å². The molecule has 0 bridgehead atoms. The van der Waals surface area contributed by atoms with Gasteiger partial charge in [-0.3, -0.25) is 4.79 Å². The summed E-state index contributed by atoms with van der Waals surface area (Å²) in [4.78, 5) is 12.1. The number of amides is 1. The Morgan fingerprint density at radius 2 is 1.87 bits per heavy atom. The molecule has 0 aliphatic rings. The predicted octanol–water partition coefficient (Wildman–Crippen LogP) is 2.95. The summed E-state index contributed by atoms with van der Waals surface area (Å²) in [5, 5.41) is 2.94. The second-order valence-electron chi connectivity index (χ2n) is 4.76. The SMILES string of the molecule is CNS(=O)(=O)c1ccc(F)c(C(=O)Nc2cc(Cl)ccc2C)c1. The van der Waals surface area contributed by atoms with Crippen LogP contribution in [0.15, 0.2) is 41.3 Å². The molecule has 0 aliphatic heterocycles. The third-order valence-electron chi connectivity index (χ3n) is 3.21. The van der Waals surface area contributed by atoms with E-state index in [0.29, 0.717) is 10.7 Å². The minimum atomic E-state index is -3.78. The minimum absolute atomic E-state index is 0.200. The highest BCUT2D eigenvalue weighted by atomic mass is 35.5. The van der Waals surface area contributed by atoms with Crippen molar-refractivity contribution in [3.8, 4) is 0 Å². The zero-order valence-corrected chi connectivity index (χ0v) is 13.9. The third-order valence-corrected chi connectivity index (χ3v) is 4.86. The van der Waals surface area contributed by atoms with Crippen LogP contribution in [0, 0.1) is 12.7 Å². The van der Waals surface area contributed by atoms with Gasteiger partial charge in [-0.05, 0) is 49.9 Å². The molecule has 0 unspecified atom stereocenters. The smallest absolute Gasteiger partial charge is 0.258 e. The largest absolute Gasteiger partial charge is 0.322 e. The van der Waals surface area contributed by atoms with E-state index in [-0.39, 0.29) is 10.5 Å². The Morgan fingerprint density at radius 1 is 1.17 bits per heavy atom. The molecule has 0 saturated carbocycles. The normalized spacial score (nSPS) is 11.3. The summed E-state index contributed by atoms with van der Waals surface area (Å²) in [6.45, 7) is 1.75. The number of halogens is 2. The van der Waals surface area contributed by atoms with E-state index in [1.165, 1.54) is 13.1 Å². The molecule has 0 aromatic heterocycles. The van der Waals surface area contributed by atoms with Crippen LogP contribution in [0.2, 0.25) is 5.02 Å². The first-order valence-corrected chi connectivity index (χ1v) is 8.41. The number of sulfonamides is 1. The second-order valence-corrected chi connectivity index (χ2v) is 7.09. The fourth-order valence-electron chi connectivity index (χ4n) is 1.88. The predicted molar refractivity (Wildman–Crippen MR) is 86.8 cm³/mol. The van der Waals surface area contributed by atoms with Crippen LogP contribution < -0.4 is 10.0 Å². The molecule has 0 atom stereocenters. The minimum Gasteiger partial charge on any atom is -0.322 e. The second kappa shape index (κ2) is 6.66. The van der Waals surface area contributed by atoms with Crippen molar-refractivity contribution < 1.29 is 17.6 Å². The Bertz CT molecular complexity index is 869. The number of hydrogen-bond donors (Lipinski definition) is 2. The van der Waals surface area contributed by atoms with E-state index in [0.717, 1.165) is 23.8 Å². The lowest BCUT2D eigenvalue weighted by molar-refractivity contribution is 0.102. The van der Waals surface area contributed by atoms with Crippen LogP contribution >= 0.6 is 11.6 Å². The molecule has 0 fully saturated rings. The average Bonchev–Trinajstić information content (AvgIpc) is 2.51. The topological polar surface area (TPSA) is 75.3 Å². The Balaban J connectivity index is 2.39. The summed E-state index contributed by atoms with van der Waals surface area (Å²) < 4.78 is 39.5. The van der Waals surface area contributed by atoms with Gasteiger partial charge in [0.2, 0.25) is 10.0 Å². The zero-order chi connectivity index (χ0) is 17.2. The molecule has 23 heavy (non-hydrogen) atoms. The van der Waals surface area contributed by atoms with Crippen molar-refractivity contribution in [1.82, 2.24) is 4.72 Å². The van der Waals surface area contributed by atoms with Crippen molar-refractivity contribution in [2.75, 3.05) is 12.4 Å². The summed E-state index contributed by atoms with van der Waals surface area (Å²) >= 11 is 5.87. The van der Waals surface area contributed by atoms with Crippen LogP contribution in [-0.2, 0) is 10.0 Å². The average molecular weight is 357 g/mol. The molecule has 1 amide bonds. The van der Waals surface area contributed by atoms with Crippen molar-refractivity contribution in [3.05, 3.63) is 58.4 Å². The number of carbonyl (C=O) groups is 1. The lowest BCUT2D eigenvalue weighted by Crippen LogP contribution is -2.20. The molecular weight excluding hydrogens is 343 g/mol. The fraction of sp³-hybridized carbons (Fsp3) is 0.133. The summed E-state index contributed by atoms with van der Waals surface area (Å²) in [6.07, 6.45) is 0. The first-order chi connectivity index (χ1) is 10.7. The lowest BCUT2D eigenvalue weighted by atomic mass is 10.1. The highest BCUT2D eigenvalue weighted by molar-refractivity contribution is 7.89. The van der Waals surface area contributed by atoms with E-state index in [1.807, 2.05) is 0 Å². The first-order valence-electron chi connectivity index (χ1n) is 6.55. The molecule has 5 nitrogen and oxygen atoms in total. The lowest BCUT2D eigenvalue weighted by Gasteiger charge is -2.10. The number of carbonyl (C=O) groups excluding carboxylic acids is 1. The number of benzene rings is 2. The maximum absolute atomic E-state index is 13.9. The van der Waals surface area contributed by atoms with Gasteiger partial charge < -0.3 is 5.32 Å². The van der Waals surface area contributed by atoms with Crippen molar-refractivity contribution in [1.29, 1.82) is 0 Å². The quantitative estimate of drug-likeness (QED) is 0.884. The van der Waals surface area contributed by atoms with E-state index in [1.54, 1.807) is 19.1 Å². The number of rotatable bonds is 4. The highest BCUT2D eigenvalue weighted by Gasteiger charge is 2.18. The molecule has 0 heterocycles. The van der Waals surface area contributed by atoms with Gasteiger partial charge in [0.1, 0.15) is 5.82 Å². The van der Waals surface area contributed by atoms with Crippen LogP contribution in [-0.4, -0.2) is 21.4 Å². The van der Waals surface area contributed by atoms with Crippen LogP contribution in [0.25, 0.3) is 0 Å². The third kappa shape index (κ3) is 3.87. The van der Waals surface area contributed by atoms with E-state index in [2.05, 4.69) is 10.0 Å². The Hall–Kier alpha value is -1.96. The summed E-state index contributed by atoms with van der Waals surface area (Å²) in [6, 6.07) is 7.90. The number of aryl methyl sites for hydroxylation is 1. The molecule has 0 aliphatic carbocycles. The maximum Gasteiger partial charge on any atom is 0.258 e.